The lowest BCUT2D eigenvalue weighted by molar-refractivity contribution is -0.384. The van der Waals surface area contributed by atoms with Crippen LogP contribution in [0.2, 0.25) is 0 Å². The first-order chi connectivity index (χ1) is 13.1. The van der Waals surface area contributed by atoms with E-state index in [4.69, 9.17) is 4.74 Å². The van der Waals surface area contributed by atoms with Gasteiger partial charge in [0.05, 0.1) is 23.3 Å². The van der Waals surface area contributed by atoms with Gasteiger partial charge in [0.15, 0.2) is 0 Å². The maximum absolute atomic E-state index is 11.1. The fraction of sp³-hybridized carbons (Fsp3) is 0.700. The van der Waals surface area contributed by atoms with Gasteiger partial charge in [-0.15, -0.1) is 0 Å². The average Bonchev–Trinajstić information content (AvgIpc) is 2.69. The third-order valence-electron chi connectivity index (χ3n) is 5.77. The number of nitrogens with zero attached hydrogens (tertiary/aromatic N) is 4. The number of unbranched alkanes of at least 4 members (excludes halogenated alkanes) is 1. The third-order valence-corrected chi connectivity index (χ3v) is 5.77. The molecule has 2 fully saturated rings. The van der Waals surface area contributed by atoms with Gasteiger partial charge in [-0.05, 0) is 32.4 Å². The number of benzene rings is 1. The molecule has 0 bridgehead atoms. The normalized spacial score (nSPS) is 20.0. The Morgan fingerprint density at radius 2 is 1.85 bits per heavy atom. The minimum absolute atomic E-state index is 0.0950. The van der Waals surface area contributed by atoms with Crippen molar-refractivity contribution in [3.8, 4) is 5.75 Å². The number of likely N-dealkylation sites (N-methyl/N-ethyl adjacent to an activating group) is 1. The van der Waals surface area contributed by atoms with Crippen LogP contribution in [0.3, 0.4) is 0 Å². The lowest BCUT2D eigenvalue weighted by Gasteiger charge is -2.42. The molecule has 0 saturated carbocycles. The van der Waals surface area contributed by atoms with Crippen LogP contribution in [-0.4, -0.2) is 73.7 Å². The first kappa shape index (κ1) is 19.9. The monoisotopic (exact) mass is 376 g/mol. The van der Waals surface area contributed by atoms with Gasteiger partial charge in [0, 0.05) is 51.4 Å². The Balaban J connectivity index is 1.64. The van der Waals surface area contributed by atoms with Gasteiger partial charge in [0.1, 0.15) is 5.75 Å². The number of hydrogen-bond donors (Lipinski definition) is 0. The lowest BCUT2D eigenvalue weighted by atomic mass is 10.0. The highest BCUT2D eigenvalue weighted by Gasteiger charge is 2.28. The summed E-state index contributed by atoms with van der Waals surface area (Å²) in [6.45, 7) is 9.27. The molecule has 0 amide bonds. The van der Waals surface area contributed by atoms with Crippen molar-refractivity contribution in [2.75, 3.05) is 57.8 Å². The first-order valence-electron chi connectivity index (χ1n) is 10.2. The second kappa shape index (κ2) is 9.37. The molecule has 7 heteroatoms. The van der Waals surface area contributed by atoms with Crippen molar-refractivity contribution in [2.24, 2.45) is 0 Å². The van der Waals surface area contributed by atoms with E-state index in [9.17, 15) is 10.1 Å². The highest BCUT2D eigenvalue weighted by atomic mass is 16.6. The molecular formula is C20H32N4O3. The molecule has 0 radical (unpaired) electrons. The summed E-state index contributed by atoms with van der Waals surface area (Å²) >= 11 is 0. The van der Waals surface area contributed by atoms with Crippen LogP contribution in [0.1, 0.15) is 32.6 Å². The minimum Gasteiger partial charge on any atom is -0.491 e. The van der Waals surface area contributed by atoms with Crippen molar-refractivity contribution >= 4 is 11.4 Å². The zero-order valence-corrected chi connectivity index (χ0v) is 16.6. The molecule has 0 spiro atoms. The zero-order chi connectivity index (χ0) is 19.2. The van der Waals surface area contributed by atoms with E-state index in [2.05, 4.69) is 28.7 Å². The molecule has 7 nitrogen and oxygen atoms in total. The Bertz CT molecular complexity index is 624. The molecule has 0 atom stereocenters. The maximum atomic E-state index is 11.1. The summed E-state index contributed by atoms with van der Waals surface area (Å²) in [6.07, 6.45) is 4.26. The Hall–Kier alpha value is -1.86. The second-order valence-electron chi connectivity index (χ2n) is 7.67. The first-order valence-corrected chi connectivity index (χ1v) is 10.2. The molecule has 0 aromatic heterocycles. The van der Waals surface area contributed by atoms with E-state index < -0.39 is 0 Å². The number of nitro groups is 1. The predicted octanol–water partition coefficient (Wildman–Crippen LogP) is 2.99. The molecule has 0 N–H and O–H groups in total. The molecule has 0 aliphatic carbocycles. The SMILES string of the molecule is CCCCOc1cc([N+](=O)[O-])ccc1N1CCC(N2CCN(C)CC2)CC1. The van der Waals surface area contributed by atoms with Crippen LogP contribution in [0, 0.1) is 10.1 Å². The van der Waals surface area contributed by atoms with Crippen LogP contribution < -0.4 is 9.64 Å². The van der Waals surface area contributed by atoms with Crippen LogP contribution in [0.5, 0.6) is 5.75 Å². The number of rotatable bonds is 7. The van der Waals surface area contributed by atoms with E-state index in [0.717, 1.165) is 70.6 Å². The van der Waals surface area contributed by atoms with Gasteiger partial charge in [-0.3, -0.25) is 15.0 Å². The standard InChI is InChI=1S/C20H32N4O3/c1-3-4-15-27-20-16-18(24(25)26)5-6-19(20)23-9-7-17(8-10-23)22-13-11-21(2)12-14-22/h5-6,16-17H,3-4,7-15H2,1-2H3. The summed E-state index contributed by atoms with van der Waals surface area (Å²) in [4.78, 5) is 18.1. The number of hydrogen-bond acceptors (Lipinski definition) is 6. The summed E-state index contributed by atoms with van der Waals surface area (Å²) < 4.78 is 5.91. The van der Waals surface area contributed by atoms with Crippen molar-refractivity contribution in [3.63, 3.8) is 0 Å². The predicted molar refractivity (Wildman–Crippen MR) is 108 cm³/mol. The average molecular weight is 377 g/mol. The van der Waals surface area contributed by atoms with E-state index in [1.807, 2.05) is 6.07 Å². The quantitative estimate of drug-likeness (QED) is 0.414. The van der Waals surface area contributed by atoms with Crippen LogP contribution >= 0.6 is 0 Å². The summed E-state index contributed by atoms with van der Waals surface area (Å²) in [6, 6.07) is 5.68. The lowest BCUT2D eigenvalue weighted by Crippen LogP contribution is -2.52. The Kier molecular flexibility index (Phi) is 6.90. The van der Waals surface area contributed by atoms with E-state index in [1.165, 1.54) is 0 Å². The number of ether oxygens (including phenoxy) is 1. The van der Waals surface area contributed by atoms with Crippen LogP contribution in [0.15, 0.2) is 18.2 Å². The van der Waals surface area contributed by atoms with Crippen LogP contribution in [-0.2, 0) is 0 Å². The van der Waals surface area contributed by atoms with Crippen molar-refractivity contribution in [1.82, 2.24) is 9.80 Å². The number of piperazine rings is 1. The molecule has 1 aromatic rings. The van der Waals surface area contributed by atoms with Crippen LogP contribution in [0.4, 0.5) is 11.4 Å². The molecule has 2 heterocycles. The van der Waals surface area contributed by atoms with Gasteiger partial charge in [-0.2, -0.15) is 0 Å². The zero-order valence-electron chi connectivity index (χ0n) is 16.6. The van der Waals surface area contributed by atoms with Gasteiger partial charge in [0.25, 0.3) is 5.69 Å². The second-order valence-corrected chi connectivity index (χ2v) is 7.67. The summed E-state index contributed by atoms with van der Waals surface area (Å²) in [5, 5.41) is 11.1. The van der Waals surface area contributed by atoms with Gasteiger partial charge in [-0.25, -0.2) is 0 Å². The molecule has 2 aliphatic rings. The largest absolute Gasteiger partial charge is 0.491 e. The molecule has 27 heavy (non-hydrogen) atoms. The van der Waals surface area contributed by atoms with E-state index in [0.29, 0.717) is 18.4 Å². The van der Waals surface area contributed by atoms with Gasteiger partial charge < -0.3 is 14.5 Å². The summed E-state index contributed by atoms with van der Waals surface area (Å²) in [5.74, 6) is 0.649. The molecule has 0 unspecified atom stereocenters. The Morgan fingerprint density at radius 1 is 1.15 bits per heavy atom. The molecule has 150 valence electrons. The highest BCUT2D eigenvalue weighted by Crippen LogP contribution is 2.34. The topological polar surface area (TPSA) is 62.1 Å². The molecule has 2 aliphatic heterocycles. The van der Waals surface area contributed by atoms with Gasteiger partial charge >= 0.3 is 0 Å². The van der Waals surface area contributed by atoms with Crippen molar-refractivity contribution in [1.29, 1.82) is 0 Å². The summed E-state index contributed by atoms with van der Waals surface area (Å²) in [5.41, 5.74) is 1.09. The van der Waals surface area contributed by atoms with Crippen molar-refractivity contribution in [3.05, 3.63) is 28.3 Å². The van der Waals surface area contributed by atoms with Crippen molar-refractivity contribution in [2.45, 2.75) is 38.6 Å². The molecule has 1 aromatic carbocycles. The third kappa shape index (κ3) is 5.11. The van der Waals surface area contributed by atoms with E-state index >= 15 is 0 Å². The van der Waals surface area contributed by atoms with Crippen molar-refractivity contribution < 1.29 is 9.66 Å². The number of non-ortho nitro benzene ring substituents is 1. The smallest absolute Gasteiger partial charge is 0.273 e. The summed E-state index contributed by atoms with van der Waals surface area (Å²) in [7, 11) is 2.19. The number of nitro benzene ring substituents is 1. The maximum Gasteiger partial charge on any atom is 0.273 e. The fourth-order valence-corrected chi connectivity index (χ4v) is 3.98. The molecule has 3 rings (SSSR count). The Labute approximate surface area is 162 Å². The number of anilines is 1. The number of piperidine rings is 1. The highest BCUT2D eigenvalue weighted by molar-refractivity contribution is 5.62. The molecule has 2 saturated heterocycles. The fourth-order valence-electron chi connectivity index (χ4n) is 3.98. The van der Waals surface area contributed by atoms with Crippen LogP contribution in [0.25, 0.3) is 0 Å². The molecular weight excluding hydrogens is 344 g/mol. The van der Waals surface area contributed by atoms with Gasteiger partial charge in [0.2, 0.25) is 0 Å². The minimum atomic E-state index is -0.351. The Morgan fingerprint density at radius 3 is 2.48 bits per heavy atom. The van der Waals surface area contributed by atoms with Gasteiger partial charge in [-0.1, -0.05) is 13.3 Å². The van der Waals surface area contributed by atoms with E-state index in [-0.39, 0.29) is 10.6 Å². The van der Waals surface area contributed by atoms with E-state index in [1.54, 1.807) is 12.1 Å².